The summed E-state index contributed by atoms with van der Waals surface area (Å²) in [5, 5.41) is 0. The molecule has 7 nitrogen and oxygen atoms in total. The van der Waals surface area contributed by atoms with Crippen LogP contribution in [0, 0.1) is 5.92 Å². The second-order valence-electron chi connectivity index (χ2n) is 7.93. The Morgan fingerprint density at radius 1 is 1.07 bits per heavy atom. The number of aromatic nitrogens is 3. The number of thioether (sulfide) groups is 1. The average molecular weight is 427 g/mol. The highest BCUT2D eigenvalue weighted by Crippen LogP contribution is 2.25. The normalized spacial score (nSPS) is 17.8. The summed E-state index contributed by atoms with van der Waals surface area (Å²) in [6.45, 7) is 4.48. The molecule has 2 aliphatic heterocycles. The van der Waals surface area contributed by atoms with E-state index in [1.54, 1.807) is 6.20 Å². The Kier molecular flexibility index (Phi) is 7.04. The van der Waals surface area contributed by atoms with Crippen molar-refractivity contribution >= 4 is 29.3 Å². The molecule has 0 atom stereocenters. The zero-order valence-electron chi connectivity index (χ0n) is 17.6. The molecule has 2 saturated heterocycles. The Morgan fingerprint density at radius 3 is 2.47 bits per heavy atom. The molecule has 0 saturated carbocycles. The van der Waals surface area contributed by atoms with Gasteiger partial charge in [0.15, 0.2) is 0 Å². The van der Waals surface area contributed by atoms with Gasteiger partial charge < -0.3 is 14.7 Å². The molecule has 0 N–H and O–H groups in total. The molecule has 0 aliphatic carbocycles. The first kappa shape index (κ1) is 20.9. The van der Waals surface area contributed by atoms with Gasteiger partial charge in [0.2, 0.25) is 11.9 Å². The van der Waals surface area contributed by atoms with Crippen LogP contribution in [0.3, 0.4) is 0 Å². The van der Waals surface area contributed by atoms with E-state index in [0.717, 1.165) is 74.3 Å². The quantitative estimate of drug-likeness (QED) is 0.702. The Labute approximate surface area is 182 Å². The van der Waals surface area contributed by atoms with Crippen molar-refractivity contribution in [1.29, 1.82) is 0 Å². The third kappa shape index (κ3) is 5.22. The van der Waals surface area contributed by atoms with Gasteiger partial charge in [-0.15, -0.1) is 0 Å². The lowest BCUT2D eigenvalue weighted by Gasteiger charge is -2.34. The molecule has 0 radical (unpaired) electrons. The summed E-state index contributed by atoms with van der Waals surface area (Å²) in [4.78, 5) is 32.8. The van der Waals surface area contributed by atoms with Crippen molar-refractivity contribution in [1.82, 2.24) is 19.9 Å². The van der Waals surface area contributed by atoms with Crippen LogP contribution >= 0.6 is 11.8 Å². The molecule has 8 heteroatoms. The highest BCUT2D eigenvalue weighted by Gasteiger charge is 2.27. The molecule has 4 rings (SSSR count). The number of anilines is 2. The summed E-state index contributed by atoms with van der Waals surface area (Å²) >= 11 is 1.99. The van der Waals surface area contributed by atoms with E-state index in [1.165, 1.54) is 0 Å². The lowest BCUT2D eigenvalue weighted by Crippen LogP contribution is -2.42. The third-order valence-electron chi connectivity index (χ3n) is 5.93. The van der Waals surface area contributed by atoms with E-state index in [-0.39, 0.29) is 11.8 Å². The van der Waals surface area contributed by atoms with Crippen molar-refractivity contribution in [3.05, 3.63) is 42.5 Å². The van der Waals surface area contributed by atoms with Crippen LogP contribution in [-0.2, 0) is 11.2 Å². The van der Waals surface area contributed by atoms with E-state index >= 15 is 0 Å². The lowest BCUT2D eigenvalue weighted by molar-refractivity contribution is -0.134. The highest BCUT2D eigenvalue weighted by molar-refractivity contribution is 7.99. The molecule has 30 heavy (non-hydrogen) atoms. The van der Waals surface area contributed by atoms with E-state index in [2.05, 4.69) is 24.8 Å². The SMILES string of the molecule is CN(CCc1ccccn1)C(=O)C1CCN(c2cnc(N3CCSCC3)nc2)CC1. The molecule has 0 bridgehead atoms. The number of hydrogen-bond donors (Lipinski definition) is 0. The highest BCUT2D eigenvalue weighted by atomic mass is 32.2. The van der Waals surface area contributed by atoms with Gasteiger partial charge in [0.1, 0.15) is 0 Å². The van der Waals surface area contributed by atoms with Crippen molar-refractivity contribution < 1.29 is 4.79 Å². The summed E-state index contributed by atoms with van der Waals surface area (Å²) in [7, 11) is 1.91. The average Bonchev–Trinajstić information content (AvgIpc) is 2.83. The first-order valence-corrected chi connectivity index (χ1v) is 11.9. The van der Waals surface area contributed by atoms with E-state index in [1.807, 2.05) is 54.3 Å². The first-order chi connectivity index (χ1) is 14.7. The van der Waals surface area contributed by atoms with Gasteiger partial charge in [-0.3, -0.25) is 9.78 Å². The van der Waals surface area contributed by atoms with Crippen LogP contribution in [0.4, 0.5) is 11.6 Å². The van der Waals surface area contributed by atoms with E-state index in [9.17, 15) is 4.79 Å². The largest absolute Gasteiger partial charge is 0.369 e. The maximum absolute atomic E-state index is 12.8. The lowest BCUT2D eigenvalue weighted by atomic mass is 9.95. The van der Waals surface area contributed by atoms with E-state index in [4.69, 9.17) is 0 Å². The molecule has 2 aliphatic rings. The number of rotatable bonds is 6. The maximum Gasteiger partial charge on any atom is 0.225 e. The molecule has 1 amide bonds. The molecule has 4 heterocycles. The predicted octanol–water partition coefficient (Wildman–Crippen LogP) is 2.34. The standard InChI is InChI=1S/C22H30N6OS/c1-26(9-7-19-4-2-3-8-23-19)21(29)18-5-10-27(11-6-18)20-16-24-22(25-17-20)28-12-14-30-15-13-28/h2-4,8,16-18H,5-7,9-15H2,1H3. The van der Waals surface area contributed by atoms with Gasteiger partial charge in [0.25, 0.3) is 0 Å². The van der Waals surface area contributed by atoms with Crippen molar-refractivity contribution in [2.45, 2.75) is 19.3 Å². The predicted molar refractivity (Wildman–Crippen MR) is 122 cm³/mol. The van der Waals surface area contributed by atoms with E-state index in [0.29, 0.717) is 6.54 Å². The minimum absolute atomic E-state index is 0.0982. The number of piperidine rings is 1. The second-order valence-corrected chi connectivity index (χ2v) is 9.16. The number of nitrogens with zero attached hydrogens (tertiary/aromatic N) is 6. The molecule has 2 fully saturated rings. The third-order valence-corrected chi connectivity index (χ3v) is 6.88. The van der Waals surface area contributed by atoms with Crippen LogP contribution in [0.5, 0.6) is 0 Å². The maximum atomic E-state index is 12.8. The van der Waals surface area contributed by atoms with Crippen molar-refractivity contribution in [2.24, 2.45) is 5.92 Å². The summed E-state index contributed by atoms with van der Waals surface area (Å²) in [6, 6.07) is 5.91. The minimum Gasteiger partial charge on any atom is -0.369 e. The Hall–Kier alpha value is -2.35. The second kappa shape index (κ2) is 10.1. The van der Waals surface area contributed by atoms with Crippen molar-refractivity contribution in [3.63, 3.8) is 0 Å². The Balaban J connectivity index is 1.25. The summed E-state index contributed by atoms with van der Waals surface area (Å²) < 4.78 is 0. The minimum atomic E-state index is 0.0982. The smallest absolute Gasteiger partial charge is 0.225 e. The molecule has 2 aromatic rings. The fourth-order valence-electron chi connectivity index (χ4n) is 4.04. The topological polar surface area (TPSA) is 65.5 Å². The molecular weight excluding hydrogens is 396 g/mol. The first-order valence-electron chi connectivity index (χ1n) is 10.8. The summed E-state index contributed by atoms with van der Waals surface area (Å²) in [5.41, 5.74) is 2.08. The van der Waals surface area contributed by atoms with Gasteiger partial charge in [0, 0.05) is 75.5 Å². The molecule has 0 aromatic carbocycles. The van der Waals surface area contributed by atoms with Crippen LogP contribution in [-0.4, -0.2) is 77.0 Å². The van der Waals surface area contributed by atoms with Gasteiger partial charge in [-0.1, -0.05) is 6.07 Å². The molecule has 160 valence electrons. The van der Waals surface area contributed by atoms with Crippen LogP contribution < -0.4 is 9.80 Å². The number of pyridine rings is 1. The fourth-order valence-corrected chi connectivity index (χ4v) is 4.94. The van der Waals surface area contributed by atoms with Crippen LogP contribution in [0.15, 0.2) is 36.8 Å². The summed E-state index contributed by atoms with van der Waals surface area (Å²) in [5.74, 6) is 3.46. The van der Waals surface area contributed by atoms with Gasteiger partial charge >= 0.3 is 0 Å². The van der Waals surface area contributed by atoms with Crippen molar-refractivity contribution in [3.8, 4) is 0 Å². The Bertz CT molecular complexity index is 804. The molecule has 2 aromatic heterocycles. The van der Waals surface area contributed by atoms with Gasteiger partial charge in [-0.05, 0) is 25.0 Å². The summed E-state index contributed by atoms with van der Waals surface area (Å²) in [6.07, 6.45) is 8.21. The molecular formula is C22H30N6OS. The van der Waals surface area contributed by atoms with Crippen LogP contribution in [0.1, 0.15) is 18.5 Å². The van der Waals surface area contributed by atoms with Crippen LogP contribution in [0.2, 0.25) is 0 Å². The molecule has 0 unspecified atom stereocenters. The van der Waals surface area contributed by atoms with Gasteiger partial charge in [-0.25, -0.2) is 9.97 Å². The number of carbonyl (C=O) groups excluding carboxylic acids is 1. The zero-order valence-corrected chi connectivity index (χ0v) is 18.4. The number of likely N-dealkylation sites (N-methyl/N-ethyl adjacent to an activating group) is 1. The Morgan fingerprint density at radius 2 is 1.80 bits per heavy atom. The van der Waals surface area contributed by atoms with E-state index < -0.39 is 0 Å². The zero-order chi connectivity index (χ0) is 20.8. The fraction of sp³-hybridized carbons (Fsp3) is 0.545. The van der Waals surface area contributed by atoms with Crippen molar-refractivity contribution in [2.75, 3.05) is 61.1 Å². The van der Waals surface area contributed by atoms with Gasteiger partial charge in [-0.2, -0.15) is 11.8 Å². The monoisotopic (exact) mass is 426 g/mol. The number of carbonyl (C=O) groups is 1. The number of hydrogen-bond acceptors (Lipinski definition) is 7. The number of amides is 1. The van der Waals surface area contributed by atoms with Crippen LogP contribution in [0.25, 0.3) is 0 Å². The molecule has 0 spiro atoms. The van der Waals surface area contributed by atoms with Gasteiger partial charge in [0.05, 0.1) is 18.1 Å².